The summed E-state index contributed by atoms with van der Waals surface area (Å²) in [5, 5.41) is 19.5. The van der Waals surface area contributed by atoms with Gasteiger partial charge in [0.05, 0.1) is 17.9 Å². The number of aromatic nitrogens is 2. The molecule has 0 spiro atoms. The number of Topliss-reactive ketones (excluding diaryl/α,β-unsaturated/α-hetero) is 1. The second-order valence-electron chi connectivity index (χ2n) is 6.16. The van der Waals surface area contributed by atoms with Crippen LogP contribution in [0.15, 0.2) is 58.4 Å². The summed E-state index contributed by atoms with van der Waals surface area (Å²) in [6.45, 7) is 3.71. The van der Waals surface area contributed by atoms with Crippen molar-refractivity contribution in [1.82, 2.24) is 10.2 Å². The normalized spacial score (nSPS) is 17.0. The average Bonchev–Trinajstić information content (AvgIpc) is 3.37. The van der Waals surface area contributed by atoms with Gasteiger partial charge in [-0.2, -0.15) is 0 Å². The summed E-state index contributed by atoms with van der Waals surface area (Å²) in [6.07, 6.45) is 1.37. The largest absolute Gasteiger partial charge is 0.503 e. The molecule has 0 saturated carbocycles. The van der Waals surface area contributed by atoms with Crippen LogP contribution in [0.2, 0.25) is 0 Å². The predicted octanol–water partition coefficient (Wildman–Crippen LogP) is 3.53. The highest BCUT2D eigenvalue weighted by atomic mass is 32.1. The highest BCUT2D eigenvalue weighted by Crippen LogP contribution is 2.42. The minimum absolute atomic E-state index is 0.0355. The molecule has 4 rings (SSSR count). The third-order valence-corrected chi connectivity index (χ3v) is 5.15. The summed E-state index contributed by atoms with van der Waals surface area (Å²) < 4.78 is 5.19. The number of nitrogens with zero attached hydrogens (tertiary/aromatic N) is 3. The zero-order valence-corrected chi connectivity index (χ0v) is 15.4. The van der Waals surface area contributed by atoms with Crippen LogP contribution < -0.4 is 4.90 Å². The maximum atomic E-state index is 13.0. The number of aliphatic hydroxyl groups excluding tert-OH is 1. The van der Waals surface area contributed by atoms with Crippen LogP contribution in [-0.2, 0) is 4.79 Å². The maximum Gasteiger partial charge on any atom is 0.296 e. The van der Waals surface area contributed by atoms with Gasteiger partial charge in [0.1, 0.15) is 5.01 Å². The monoisotopic (exact) mass is 381 g/mol. The predicted molar refractivity (Wildman–Crippen MR) is 98.7 cm³/mol. The number of furan rings is 1. The number of hydrogen-bond donors (Lipinski definition) is 1. The standard InChI is InChI=1S/C19H15N3O4S/c1-10-5-7-12(8-6-10)15-14(16(23)13-4-3-9-26-13)17(24)18(25)22(15)19-21-20-11(2)27-19/h3-9,15,24H,1-2H3/t15-/m0/s1. The van der Waals surface area contributed by atoms with E-state index in [4.69, 9.17) is 4.42 Å². The molecule has 1 aliphatic rings. The van der Waals surface area contributed by atoms with Crippen LogP contribution in [0.1, 0.15) is 32.7 Å². The molecule has 0 radical (unpaired) electrons. The highest BCUT2D eigenvalue weighted by Gasteiger charge is 2.46. The van der Waals surface area contributed by atoms with Crippen LogP contribution in [0.25, 0.3) is 0 Å². The number of carbonyl (C=O) groups excluding carboxylic acids is 2. The number of benzene rings is 1. The molecule has 1 atom stereocenters. The molecule has 3 heterocycles. The molecule has 8 heteroatoms. The van der Waals surface area contributed by atoms with Gasteiger partial charge in [-0.15, -0.1) is 10.2 Å². The van der Waals surface area contributed by atoms with Gasteiger partial charge in [-0.1, -0.05) is 41.2 Å². The lowest BCUT2D eigenvalue weighted by atomic mass is 9.95. The van der Waals surface area contributed by atoms with Crippen LogP contribution in [0, 0.1) is 13.8 Å². The number of aryl methyl sites for hydroxylation is 2. The van der Waals surface area contributed by atoms with E-state index in [-0.39, 0.29) is 11.3 Å². The highest BCUT2D eigenvalue weighted by molar-refractivity contribution is 7.15. The van der Waals surface area contributed by atoms with Crippen molar-refractivity contribution in [2.75, 3.05) is 4.90 Å². The van der Waals surface area contributed by atoms with Crippen LogP contribution in [0.4, 0.5) is 5.13 Å². The van der Waals surface area contributed by atoms with Crippen molar-refractivity contribution in [3.05, 3.63) is 75.9 Å². The molecule has 2 aromatic heterocycles. The van der Waals surface area contributed by atoms with Crippen LogP contribution in [-0.4, -0.2) is 27.0 Å². The van der Waals surface area contributed by atoms with E-state index in [0.717, 1.165) is 5.56 Å². The number of hydrogen-bond acceptors (Lipinski definition) is 7. The first kappa shape index (κ1) is 17.2. The van der Waals surface area contributed by atoms with Crippen LogP contribution in [0.3, 0.4) is 0 Å². The average molecular weight is 381 g/mol. The minimum atomic E-state index is -0.817. The lowest BCUT2D eigenvalue weighted by Gasteiger charge is -2.23. The number of anilines is 1. The molecule has 1 amide bonds. The van der Waals surface area contributed by atoms with E-state index in [2.05, 4.69) is 10.2 Å². The van der Waals surface area contributed by atoms with E-state index in [9.17, 15) is 14.7 Å². The van der Waals surface area contributed by atoms with E-state index < -0.39 is 23.5 Å². The fourth-order valence-electron chi connectivity index (χ4n) is 3.02. The number of carbonyl (C=O) groups is 2. The molecule has 0 saturated heterocycles. The Hall–Kier alpha value is -3.26. The van der Waals surface area contributed by atoms with Crippen molar-refractivity contribution in [2.24, 2.45) is 0 Å². The Morgan fingerprint density at radius 2 is 1.93 bits per heavy atom. The zero-order chi connectivity index (χ0) is 19.1. The lowest BCUT2D eigenvalue weighted by Crippen LogP contribution is -2.31. The molecule has 0 unspecified atom stereocenters. The molecule has 7 nitrogen and oxygen atoms in total. The Kier molecular flexibility index (Phi) is 4.12. The fourth-order valence-corrected chi connectivity index (χ4v) is 3.74. The maximum absolute atomic E-state index is 13.0. The van der Waals surface area contributed by atoms with E-state index in [1.165, 1.54) is 28.6 Å². The fraction of sp³-hybridized carbons (Fsp3) is 0.158. The van der Waals surface area contributed by atoms with Crippen molar-refractivity contribution in [1.29, 1.82) is 0 Å². The van der Waals surface area contributed by atoms with Crippen LogP contribution in [0.5, 0.6) is 0 Å². The lowest BCUT2D eigenvalue weighted by molar-refractivity contribution is -0.117. The third-order valence-electron chi connectivity index (χ3n) is 4.31. The van der Waals surface area contributed by atoms with Gasteiger partial charge in [-0.05, 0) is 31.5 Å². The molecule has 0 aliphatic carbocycles. The van der Waals surface area contributed by atoms with E-state index >= 15 is 0 Å². The molecular formula is C19H15N3O4S. The zero-order valence-electron chi connectivity index (χ0n) is 14.5. The van der Waals surface area contributed by atoms with Gasteiger partial charge in [0.2, 0.25) is 10.9 Å². The Morgan fingerprint density at radius 3 is 2.52 bits per heavy atom. The molecule has 1 aromatic carbocycles. The van der Waals surface area contributed by atoms with Crippen molar-refractivity contribution in [3.8, 4) is 0 Å². The van der Waals surface area contributed by atoms with Gasteiger partial charge in [-0.3, -0.25) is 14.5 Å². The second-order valence-corrected chi connectivity index (χ2v) is 7.32. The number of ketones is 1. The quantitative estimate of drug-likeness (QED) is 0.695. The Bertz CT molecular complexity index is 1050. The molecule has 1 N–H and O–H groups in total. The summed E-state index contributed by atoms with van der Waals surface area (Å²) in [7, 11) is 0. The minimum Gasteiger partial charge on any atom is -0.503 e. The summed E-state index contributed by atoms with van der Waals surface area (Å²) in [5.41, 5.74) is 1.68. The van der Waals surface area contributed by atoms with E-state index in [0.29, 0.717) is 15.7 Å². The molecule has 136 valence electrons. The Labute approximate surface area is 158 Å². The molecule has 3 aromatic rings. The smallest absolute Gasteiger partial charge is 0.296 e. The molecule has 27 heavy (non-hydrogen) atoms. The summed E-state index contributed by atoms with van der Waals surface area (Å²) in [6, 6.07) is 9.67. The van der Waals surface area contributed by atoms with Gasteiger partial charge in [0, 0.05) is 0 Å². The van der Waals surface area contributed by atoms with Gasteiger partial charge < -0.3 is 9.52 Å². The molecule has 1 aliphatic heterocycles. The number of amides is 1. The van der Waals surface area contributed by atoms with Crippen molar-refractivity contribution in [2.45, 2.75) is 19.9 Å². The van der Waals surface area contributed by atoms with Gasteiger partial charge in [-0.25, -0.2) is 0 Å². The summed E-state index contributed by atoms with van der Waals surface area (Å²) >= 11 is 1.21. The SMILES string of the molecule is Cc1ccc([C@H]2C(C(=O)c3ccco3)=C(O)C(=O)N2c2nnc(C)s2)cc1. The second kappa shape index (κ2) is 6.48. The summed E-state index contributed by atoms with van der Waals surface area (Å²) in [5.74, 6) is -1.78. The van der Waals surface area contributed by atoms with Gasteiger partial charge in [0.25, 0.3) is 5.91 Å². The van der Waals surface area contributed by atoms with Crippen LogP contribution >= 0.6 is 11.3 Å². The van der Waals surface area contributed by atoms with Crippen molar-refractivity contribution >= 4 is 28.2 Å². The van der Waals surface area contributed by atoms with Crippen molar-refractivity contribution in [3.63, 3.8) is 0 Å². The Balaban J connectivity index is 1.88. The first-order valence-electron chi connectivity index (χ1n) is 8.19. The van der Waals surface area contributed by atoms with Gasteiger partial charge in [0.15, 0.2) is 11.5 Å². The molecule has 0 bridgehead atoms. The number of aliphatic hydroxyl groups is 1. The van der Waals surface area contributed by atoms with E-state index in [1.807, 2.05) is 31.2 Å². The van der Waals surface area contributed by atoms with E-state index in [1.54, 1.807) is 13.0 Å². The first-order valence-corrected chi connectivity index (χ1v) is 9.00. The van der Waals surface area contributed by atoms with Crippen molar-refractivity contribution < 1.29 is 19.1 Å². The Morgan fingerprint density at radius 1 is 1.19 bits per heavy atom. The first-order chi connectivity index (χ1) is 13.0. The van der Waals surface area contributed by atoms with Gasteiger partial charge >= 0.3 is 0 Å². The third kappa shape index (κ3) is 2.83. The summed E-state index contributed by atoms with van der Waals surface area (Å²) in [4.78, 5) is 27.1. The topological polar surface area (TPSA) is 96.5 Å². The molecular weight excluding hydrogens is 366 g/mol. The molecule has 0 fully saturated rings. The number of rotatable bonds is 4.